The molecule has 2 heterocycles. The quantitative estimate of drug-likeness (QED) is 0.106. The SMILES string of the molecule is Cc1cc(C)cc(-c2cc(C(C)(C)CC(C)(C)C)c(OCCCOc3c(C(C)(C)CC(C)(C)C)cc(-c4cc(C)cc(C)c4)c(O)c3-n3c4ccc(C(C)(C)C)cc4c4cc(C(C)(C)C)ccc43)c(-n3c4ccc(C(C)(C)C)cc4c4cc(C(C)(C)C)ccc43)c2O)c1. The van der Waals surface area contributed by atoms with Crippen molar-refractivity contribution >= 4 is 43.6 Å². The number of phenols is 2. The summed E-state index contributed by atoms with van der Waals surface area (Å²) in [6, 6.07) is 45.2. The molecule has 0 aliphatic heterocycles. The Morgan fingerprint density at radius 2 is 0.591 bits per heavy atom. The molecule has 10 rings (SSSR count). The summed E-state index contributed by atoms with van der Waals surface area (Å²) in [7, 11) is 0. The molecular weight excluding hydrogens is 1140 g/mol. The summed E-state index contributed by atoms with van der Waals surface area (Å²) < 4.78 is 19.7. The lowest BCUT2D eigenvalue weighted by atomic mass is 9.71. The van der Waals surface area contributed by atoms with Crippen LogP contribution in [-0.4, -0.2) is 32.6 Å². The second-order valence-corrected chi connectivity index (χ2v) is 35.6. The second-order valence-electron chi connectivity index (χ2n) is 35.6. The van der Waals surface area contributed by atoms with Crippen molar-refractivity contribution in [3.8, 4) is 56.6 Å². The molecule has 6 nitrogen and oxygen atoms in total. The van der Waals surface area contributed by atoms with Gasteiger partial charge in [0.1, 0.15) is 11.4 Å². The molecule has 93 heavy (non-hydrogen) atoms. The molecule has 0 fully saturated rings. The van der Waals surface area contributed by atoms with E-state index in [4.69, 9.17) is 9.47 Å². The van der Waals surface area contributed by atoms with Crippen LogP contribution < -0.4 is 9.47 Å². The predicted octanol–water partition coefficient (Wildman–Crippen LogP) is 24.3. The number of aryl methyl sites for hydroxylation is 4. The van der Waals surface area contributed by atoms with E-state index in [0.29, 0.717) is 29.3 Å². The molecule has 6 heteroatoms. The van der Waals surface area contributed by atoms with E-state index >= 15 is 0 Å². The summed E-state index contributed by atoms with van der Waals surface area (Å²) in [5, 5.41) is 31.8. The van der Waals surface area contributed by atoms with Crippen LogP contribution in [0, 0.1) is 38.5 Å². The van der Waals surface area contributed by atoms with Gasteiger partial charge in [-0.3, -0.25) is 0 Å². The van der Waals surface area contributed by atoms with Crippen LogP contribution in [0.5, 0.6) is 23.0 Å². The van der Waals surface area contributed by atoms with E-state index in [1.165, 1.54) is 22.3 Å². The van der Waals surface area contributed by atoms with Crippen molar-refractivity contribution in [2.45, 2.75) is 232 Å². The maximum absolute atomic E-state index is 13.6. The van der Waals surface area contributed by atoms with E-state index in [9.17, 15) is 10.2 Å². The number of aromatic hydroxyl groups is 2. The lowest BCUT2D eigenvalue weighted by molar-refractivity contribution is 0.229. The topological polar surface area (TPSA) is 68.8 Å². The van der Waals surface area contributed by atoms with Gasteiger partial charge in [-0.05, 0) is 178 Å². The summed E-state index contributed by atoms with van der Waals surface area (Å²) >= 11 is 0. The van der Waals surface area contributed by atoms with E-state index in [1.807, 2.05) is 0 Å². The fourth-order valence-electron chi connectivity index (χ4n) is 15.3. The third kappa shape index (κ3) is 13.8. The van der Waals surface area contributed by atoms with Crippen LogP contribution in [0.15, 0.2) is 121 Å². The zero-order valence-electron chi connectivity index (χ0n) is 61.7. The molecule has 0 aliphatic rings. The molecule has 0 unspecified atom stereocenters. The zero-order valence-corrected chi connectivity index (χ0v) is 61.7. The first kappa shape index (κ1) is 68.4. The Hall–Kier alpha value is -7.44. The van der Waals surface area contributed by atoms with Crippen LogP contribution in [0.3, 0.4) is 0 Å². The Bertz CT molecular complexity index is 4060. The van der Waals surface area contributed by atoms with E-state index in [2.05, 4.69) is 310 Å². The number of hydrogen-bond donors (Lipinski definition) is 2. The monoisotopic (exact) mass is 1250 g/mol. The number of fused-ring (bicyclic) bond motifs is 6. The second kappa shape index (κ2) is 23.8. The molecule has 0 saturated carbocycles. The summed E-state index contributed by atoms with van der Waals surface area (Å²) in [6.07, 6.45) is 2.19. The van der Waals surface area contributed by atoms with Crippen LogP contribution in [0.1, 0.15) is 227 Å². The smallest absolute Gasteiger partial charge is 0.151 e. The molecule has 0 atom stereocenters. The van der Waals surface area contributed by atoms with Crippen LogP contribution in [0.4, 0.5) is 0 Å². The van der Waals surface area contributed by atoms with Gasteiger partial charge < -0.3 is 28.8 Å². The molecule has 0 aliphatic carbocycles. The van der Waals surface area contributed by atoms with Gasteiger partial charge in [-0.15, -0.1) is 0 Å². The van der Waals surface area contributed by atoms with Crippen molar-refractivity contribution in [3.63, 3.8) is 0 Å². The van der Waals surface area contributed by atoms with Gasteiger partial charge in [-0.1, -0.05) is 235 Å². The highest BCUT2D eigenvalue weighted by atomic mass is 16.5. The number of ether oxygens (including phenoxy) is 2. The van der Waals surface area contributed by atoms with Gasteiger partial charge >= 0.3 is 0 Å². The first-order valence-electron chi connectivity index (χ1n) is 34.3. The third-order valence-corrected chi connectivity index (χ3v) is 19.1. The highest BCUT2D eigenvalue weighted by molar-refractivity contribution is 6.12. The Morgan fingerprint density at radius 3 is 0.828 bits per heavy atom. The first-order valence-corrected chi connectivity index (χ1v) is 34.3. The fraction of sp³-hybridized carbons (Fsp3) is 0.448. The first-order chi connectivity index (χ1) is 42.8. The molecule has 2 N–H and O–H groups in total. The minimum atomic E-state index is -0.432. The molecule has 8 aromatic carbocycles. The van der Waals surface area contributed by atoms with Gasteiger partial charge in [-0.2, -0.15) is 0 Å². The number of rotatable bonds is 14. The van der Waals surface area contributed by atoms with Crippen molar-refractivity contribution in [2.75, 3.05) is 13.2 Å². The van der Waals surface area contributed by atoms with Gasteiger partial charge in [0.25, 0.3) is 0 Å². The minimum absolute atomic E-state index is 0.0537. The Morgan fingerprint density at radius 1 is 0.333 bits per heavy atom. The maximum Gasteiger partial charge on any atom is 0.151 e. The predicted molar refractivity (Wildman–Crippen MR) is 399 cm³/mol. The van der Waals surface area contributed by atoms with Crippen LogP contribution in [0.25, 0.3) is 77.2 Å². The lowest BCUT2D eigenvalue weighted by Gasteiger charge is -2.36. The number of benzene rings is 8. The molecule has 0 spiro atoms. The van der Waals surface area contributed by atoms with Crippen molar-refractivity contribution in [1.82, 2.24) is 9.13 Å². The summed E-state index contributed by atoms with van der Waals surface area (Å²) in [6.45, 7) is 59.7. The zero-order chi connectivity index (χ0) is 68.4. The summed E-state index contributed by atoms with van der Waals surface area (Å²) in [5.74, 6) is 1.66. The molecule has 0 radical (unpaired) electrons. The van der Waals surface area contributed by atoms with Crippen molar-refractivity contribution in [2.24, 2.45) is 10.8 Å². The highest BCUT2D eigenvalue weighted by Gasteiger charge is 2.38. The Labute approximate surface area is 558 Å². The van der Waals surface area contributed by atoms with Crippen molar-refractivity contribution < 1.29 is 19.7 Å². The van der Waals surface area contributed by atoms with E-state index in [-0.39, 0.29) is 57.2 Å². The number of nitrogens with zero attached hydrogens (tertiary/aromatic N) is 2. The maximum atomic E-state index is 13.6. The molecule has 492 valence electrons. The molecular formula is C87H110N2O4. The van der Waals surface area contributed by atoms with Crippen molar-refractivity contribution in [3.05, 3.63) is 177 Å². The standard InChI is InChI=1S/C87H110N2O4/c1-52-38-53(2)41-56(40-52)62-48-68(86(23,24)50-80(5,6)7)78(74(76(62)90)88-70-32-28-58(82(11,12)13)44-64(70)65-45-59(83(14,15)16)29-33-71(65)88)92-36-27-37-93-79-69(87(25,26)51-81(8,9)10)49-63(57-42-54(3)39-55(4)43-57)77(91)75(79)89-72-34-30-60(84(17,18)19)46-66(72)67-47-61(85(20,21)22)31-35-73(67)89/h28-35,38-49,90-91H,27,36-37,50-51H2,1-26H3. The number of hydrogen-bond acceptors (Lipinski definition) is 4. The number of aromatic nitrogens is 2. The van der Waals surface area contributed by atoms with Crippen LogP contribution >= 0.6 is 0 Å². The summed E-state index contributed by atoms with van der Waals surface area (Å²) in [5.41, 5.74) is 18.9. The normalized spacial score (nSPS) is 13.4. The third-order valence-electron chi connectivity index (χ3n) is 19.1. The van der Waals surface area contributed by atoms with E-state index < -0.39 is 10.8 Å². The van der Waals surface area contributed by atoms with Crippen molar-refractivity contribution in [1.29, 1.82) is 0 Å². The van der Waals surface area contributed by atoms with Crippen LogP contribution in [-0.2, 0) is 32.5 Å². The molecule has 0 bridgehead atoms. The van der Waals surface area contributed by atoms with E-state index in [0.717, 1.165) is 112 Å². The molecule has 0 amide bonds. The van der Waals surface area contributed by atoms with E-state index in [1.54, 1.807) is 0 Å². The van der Waals surface area contributed by atoms with Gasteiger partial charge in [-0.25, -0.2) is 0 Å². The van der Waals surface area contributed by atoms with Gasteiger partial charge in [0.15, 0.2) is 23.0 Å². The average Bonchev–Trinajstić information content (AvgIpc) is 1.63. The highest BCUT2D eigenvalue weighted by Crippen LogP contribution is 2.55. The lowest BCUT2D eigenvalue weighted by Crippen LogP contribution is -2.27. The average molecular weight is 1250 g/mol. The van der Waals surface area contributed by atoms with Crippen LogP contribution in [0.2, 0.25) is 0 Å². The molecule has 0 saturated heterocycles. The minimum Gasteiger partial charge on any atom is -0.505 e. The molecule has 2 aromatic heterocycles. The van der Waals surface area contributed by atoms with Gasteiger partial charge in [0.2, 0.25) is 0 Å². The molecule has 10 aromatic rings. The summed E-state index contributed by atoms with van der Waals surface area (Å²) in [4.78, 5) is 0. The van der Waals surface area contributed by atoms with Gasteiger partial charge in [0.05, 0.1) is 35.3 Å². The van der Waals surface area contributed by atoms with Gasteiger partial charge in [0, 0.05) is 50.2 Å². The fourth-order valence-corrected chi connectivity index (χ4v) is 15.3. The largest absolute Gasteiger partial charge is 0.505 e. The Balaban J connectivity index is 1.21. The Kier molecular flexibility index (Phi) is 17.5. The number of phenolic OH excluding ortho intramolecular Hbond substituents is 2.